The van der Waals surface area contributed by atoms with Gasteiger partial charge in [-0.25, -0.2) is 14.2 Å². The van der Waals surface area contributed by atoms with Crippen molar-refractivity contribution in [1.29, 1.82) is 0 Å². The first-order chi connectivity index (χ1) is 14.2. The first kappa shape index (κ1) is 20.0. The summed E-state index contributed by atoms with van der Waals surface area (Å²) in [5.74, 6) is -0.221. The summed E-state index contributed by atoms with van der Waals surface area (Å²) in [7, 11) is 2.72. The summed E-state index contributed by atoms with van der Waals surface area (Å²) < 4.78 is 10.4. The average Bonchev–Trinajstić information content (AvgIpc) is 3.22. The van der Waals surface area contributed by atoms with Gasteiger partial charge in [-0.05, 0) is 38.5 Å². The van der Waals surface area contributed by atoms with Crippen LogP contribution in [0.2, 0.25) is 5.02 Å². The number of aromatic nitrogens is 5. The van der Waals surface area contributed by atoms with E-state index in [-0.39, 0.29) is 11.2 Å². The summed E-state index contributed by atoms with van der Waals surface area (Å²) in [5.41, 5.74) is 1.78. The second-order valence-corrected chi connectivity index (χ2v) is 7.64. The lowest BCUT2D eigenvalue weighted by Crippen LogP contribution is -2.43. The second kappa shape index (κ2) is 6.88. The van der Waals surface area contributed by atoms with Crippen LogP contribution in [0.25, 0.3) is 22.6 Å². The molecule has 0 amide bonds. The van der Waals surface area contributed by atoms with Crippen LogP contribution in [0.3, 0.4) is 0 Å². The van der Waals surface area contributed by atoms with E-state index >= 15 is 0 Å². The van der Waals surface area contributed by atoms with Crippen LogP contribution in [0.1, 0.15) is 24.2 Å². The van der Waals surface area contributed by atoms with Gasteiger partial charge in [0.05, 0.1) is 12.8 Å². The minimum absolute atomic E-state index is 0.199. The molecule has 0 aliphatic rings. The highest BCUT2D eigenvalue weighted by molar-refractivity contribution is 6.30. The van der Waals surface area contributed by atoms with Crippen LogP contribution < -0.4 is 11.2 Å². The first-order valence-corrected chi connectivity index (χ1v) is 9.61. The maximum Gasteiger partial charge on any atom is 0.333 e. The highest BCUT2D eigenvalue weighted by Crippen LogP contribution is 2.25. The van der Waals surface area contributed by atoms with E-state index in [9.17, 15) is 14.4 Å². The van der Waals surface area contributed by atoms with Gasteiger partial charge in [0.15, 0.2) is 11.2 Å². The molecule has 0 saturated heterocycles. The van der Waals surface area contributed by atoms with E-state index in [0.717, 1.165) is 21.5 Å². The number of carbonyl (C=O) groups excluding carboxylic acids is 1. The molecule has 3 heterocycles. The van der Waals surface area contributed by atoms with E-state index in [1.807, 2.05) is 30.5 Å². The van der Waals surface area contributed by atoms with Gasteiger partial charge in [-0.2, -0.15) is 4.98 Å². The van der Waals surface area contributed by atoms with Gasteiger partial charge >= 0.3 is 11.7 Å². The molecule has 0 spiro atoms. The summed E-state index contributed by atoms with van der Waals surface area (Å²) in [4.78, 5) is 42.7. The maximum absolute atomic E-state index is 13.3. The monoisotopic (exact) mass is 429 g/mol. The van der Waals surface area contributed by atoms with Gasteiger partial charge in [0, 0.05) is 24.0 Å². The minimum atomic E-state index is -1.07. The maximum atomic E-state index is 13.3. The molecule has 0 saturated carbocycles. The van der Waals surface area contributed by atoms with Crippen molar-refractivity contribution in [3.63, 3.8) is 0 Å². The van der Waals surface area contributed by atoms with Gasteiger partial charge in [0.25, 0.3) is 5.56 Å². The molecular formula is C20H20ClN5O4. The van der Waals surface area contributed by atoms with Crippen molar-refractivity contribution in [3.8, 4) is 5.69 Å². The van der Waals surface area contributed by atoms with Gasteiger partial charge in [-0.3, -0.25) is 18.3 Å². The topological polar surface area (TPSA) is 92.5 Å². The molecule has 0 fully saturated rings. The third-order valence-corrected chi connectivity index (χ3v) is 5.55. The smallest absolute Gasteiger partial charge is 0.333 e. The van der Waals surface area contributed by atoms with Crippen molar-refractivity contribution in [2.45, 2.75) is 26.8 Å². The predicted octanol–water partition coefficient (Wildman–Crippen LogP) is 2.14. The van der Waals surface area contributed by atoms with E-state index in [0.29, 0.717) is 10.8 Å². The highest BCUT2D eigenvalue weighted by Gasteiger charge is 2.26. The zero-order valence-corrected chi connectivity index (χ0v) is 17.9. The number of ether oxygens (including phenoxy) is 1. The molecule has 0 aliphatic heterocycles. The molecule has 1 unspecified atom stereocenters. The number of benzene rings is 1. The van der Waals surface area contributed by atoms with Crippen LogP contribution in [0.4, 0.5) is 0 Å². The lowest BCUT2D eigenvalue weighted by atomic mass is 10.2. The predicted molar refractivity (Wildman–Crippen MR) is 113 cm³/mol. The van der Waals surface area contributed by atoms with Gasteiger partial charge in [-0.1, -0.05) is 17.7 Å². The van der Waals surface area contributed by atoms with E-state index in [4.69, 9.17) is 16.3 Å². The SMILES string of the molecule is COC(=O)C(C)n1c(=O)c2c(nc3n(-c4cc(Cl)ccc4C)c(C)cn23)n(C)c1=O. The highest BCUT2D eigenvalue weighted by atomic mass is 35.5. The Bertz CT molecular complexity index is 1460. The van der Waals surface area contributed by atoms with Crippen LogP contribution in [-0.4, -0.2) is 36.2 Å². The molecule has 1 atom stereocenters. The average molecular weight is 430 g/mol. The molecule has 4 aromatic rings. The fraction of sp³-hybridized carbons (Fsp3) is 0.300. The molecule has 4 rings (SSSR count). The quantitative estimate of drug-likeness (QED) is 0.465. The van der Waals surface area contributed by atoms with Crippen molar-refractivity contribution in [2.24, 2.45) is 7.05 Å². The fourth-order valence-corrected chi connectivity index (χ4v) is 3.88. The number of methoxy groups -OCH3 is 1. The lowest BCUT2D eigenvalue weighted by Gasteiger charge is -2.13. The van der Waals surface area contributed by atoms with Gasteiger partial charge in [0.2, 0.25) is 5.78 Å². The zero-order chi connectivity index (χ0) is 21.9. The molecule has 9 nitrogen and oxygen atoms in total. The fourth-order valence-electron chi connectivity index (χ4n) is 3.72. The summed E-state index contributed by atoms with van der Waals surface area (Å²) in [6.07, 6.45) is 1.77. The van der Waals surface area contributed by atoms with Gasteiger partial charge < -0.3 is 4.74 Å². The lowest BCUT2D eigenvalue weighted by molar-refractivity contribution is -0.144. The Hall–Kier alpha value is -3.33. The normalized spacial score (nSPS) is 12.6. The van der Waals surface area contributed by atoms with Crippen LogP contribution in [0, 0.1) is 13.8 Å². The molecule has 0 radical (unpaired) electrons. The molecule has 156 valence electrons. The molecular weight excluding hydrogens is 410 g/mol. The Kier molecular flexibility index (Phi) is 4.58. The Balaban J connectivity index is 2.13. The Morgan fingerprint density at radius 2 is 1.93 bits per heavy atom. The van der Waals surface area contributed by atoms with Crippen molar-refractivity contribution < 1.29 is 9.53 Å². The molecule has 0 aliphatic carbocycles. The number of fused-ring (bicyclic) bond motifs is 3. The molecule has 30 heavy (non-hydrogen) atoms. The summed E-state index contributed by atoms with van der Waals surface area (Å²) in [6.45, 7) is 5.29. The van der Waals surface area contributed by atoms with Crippen LogP contribution >= 0.6 is 11.6 Å². The number of hydrogen-bond donors (Lipinski definition) is 0. The van der Waals surface area contributed by atoms with Crippen LogP contribution in [0.5, 0.6) is 0 Å². The van der Waals surface area contributed by atoms with Crippen molar-refractivity contribution in [1.82, 2.24) is 23.1 Å². The zero-order valence-electron chi connectivity index (χ0n) is 17.1. The first-order valence-electron chi connectivity index (χ1n) is 9.23. The molecule has 1 aromatic carbocycles. The number of hydrogen-bond acceptors (Lipinski definition) is 5. The van der Waals surface area contributed by atoms with E-state index in [1.54, 1.807) is 16.7 Å². The largest absolute Gasteiger partial charge is 0.467 e. The Morgan fingerprint density at radius 3 is 2.60 bits per heavy atom. The Labute approximate surface area is 175 Å². The number of imidazole rings is 2. The second-order valence-electron chi connectivity index (χ2n) is 7.21. The van der Waals surface area contributed by atoms with Gasteiger partial charge in [0.1, 0.15) is 6.04 Å². The number of nitrogens with zero attached hydrogens (tertiary/aromatic N) is 5. The van der Waals surface area contributed by atoms with Crippen molar-refractivity contribution in [2.75, 3.05) is 7.11 Å². The summed E-state index contributed by atoms with van der Waals surface area (Å²) in [5, 5.41) is 0.569. The van der Waals surface area contributed by atoms with Gasteiger partial charge in [-0.15, -0.1) is 0 Å². The number of esters is 1. The molecule has 0 bridgehead atoms. The standard InChI is InChI=1S/C20H20ClN5O4/c1-10-6-7-13(21)8-14(10)25-11(2)9-24-15-16(22-19(24)25)23(4)20(29)26(17(15)27)12(3)18(28)30-5/h6-9,12H,1-5H3. The number of rotatable bonds is 3. The van der Waals surface area contributed by atoms with Crippen LogP contribution in [0.15, 0.2) is 34.0 Å². The summed E-state index contributed by atoms with van der Waals surface area (Å²) in [6, 6.07) is 4.45. The number of carbonyl (C=O) groups is 1. The molecule has 10 heteroatoms. The Morgan fingerprint density at radius 1 is 1.23 bits per heavy atom. The van der Waals surface area contributed by atoms with Crippen molar-refractivity contribution >= 4 is 34.5 Å². The number of aryl methyl sites for hydroxylation is 3. The molecule has 3 aromatic heterocycles. The minimum Gasteiger partial charge on any atom is -0.467 e. The third kappa shape index (κ3) is 2.69. The summed E-state index contributed by atoms with van der Waals surface area (Å²) >= 11 is 6.20. The molecule has 0 N–H and O–H groups in total. The van der Waals surface area contributed by atoms with E-state index in [1.165, 1.54) is 25.6 Å². The number of halogens is 1. The van der Waals surface area contributed by atoms with E-state index < -0.39 is 23.3 Å². The third-order valence-electron chi connectivity index (χ3n) is 5.32. The van der Waals surface area contributed by atoms with Crippen molar-refractivity contribution in [3.05, 3.63) is 61.5 Å². The van der Waals surface area contributed by atoms with Crippen LogP contribution in [-0.2, 0) is 16.6 Å². The van der Waals surface area contributed by atoms with E-state index in [2.05, 4.69) is 4.98 Å².